The van der Waals surface area contributed by atoms with Gasteiger partial charge in [-0.25, -0.2) is 9.97 Å². The van der Waals surface area contributed by atoms with E-state index in [1.54, 1.807) is 19.3 Å². The second-order valence-electron chi connectivity index (χ2n) is 8.18. The van der Waals surface area contributed by atoms with Crippen LogP contribution in [-0.4, -0.2) is 38.3 Å². The van der Waals surface area contributed by atoms with E-state index in [1.165, 1.54) is 31.2 Å². The topological polar surface area (TPSA) is 71.0 Å². The minimum absolute atomic E-state index is 0.102. The van der Waals surface area contributed by atoms with Crippen LogP contribution in [0.3, 0.4) is 0 Å². The van der Waals surface area contributed by atoms with Gasteiger partial charge in [0.2, 0.25) is 5.91 Å². The highest BCUT2D eigenvalue weighted by Crippen LogP contribution is 2.45. The maximum atomic E-state index is 11.9. The van der Waals surface area contributed by atoms with E-state index in [-0.39, 0.29) is 5.91 Å². The number of hydrogen-bond donors (Lipinski definition) is 1. The third-order valence-electron chi connectivity index (χ3n) is 6.49. The monoisotopic (exact) mass is 363 g/mol. The SMILES string of the molecule is CC(=O)N1CCc2c(nc(-c3cccnc3)nc2N[C@@H]2C[C@H]3CC[C@@H]2C3)C1. The summed E-state index contributed by atoms with van der Waals surface area (Å²) in [5.74, 6) is 3.43. The van der Waals surface area contributed by atoms with Gasteiger partial charge in [-0.3, -0.25) is 9.78 Å². The Morgan fingerprint density at radius 1 is 1.26 bits per heavy atom. The summed E-state index contributed by atoms with van der Waals surface area (Å²) in [5, 5.41) is 3.78. The first-order chi connectivity index (χ1) is 13.2. The van der Waals surface area contributed by atoms with E-state index in [9.17, 15) is 4.79 Å². The third-order valence-corrected chi connectivity index (χ3v) is 6.49. The fourth-order valence-corrected chi connectivity index (χ4v) is 5.04. The fraction of sp³-hybridized carbons (Fsp3) is 0.524. The van der Waals surface area contributed by atoms with E-state index < -0.39 is 0 Å². The molecule has 0 unspecified atom stereocenters. The van der Waals surface area contributed by atoms with Crippen molar-refractivity contribution in [2.75, 3.05) is 11.9 Å². The molecule has 0 aromatic carbocycles. The quantitative estimate of drug-likeness (QED) is 0.907. The van der Waals surface area contributed by atoms with E-state index in [1.807, 2.05) is 17.0 Å². The van der Waals surface area contributed by atoms with Crippen LogP contribution in [0.1, 0.15) is 43.9 Å². The molecule has 140 valence electrons. The average molecular weight is 363 g/mol. The summed E-state index contributed by atoms with van der Waals surface area (Å²) < 4.78 is 0. The molecule has 6 nitrogen and oxygen atoms in total. The van der Waals surface area contributed by atoms with Crippen LogP contribution in [0.15, 0.2) is 24.5 Å². The summed E-state index contributed by atoms with van der Waals surface area (Å²) >= 11 is 0. The molecule has 2 aromatic rings. The number of nitrogens with zero attached hydrogens (tertiary/aromatic N) is 4. The Morgan fingerprint density at radius 3 is 2.89 bits per heavy atom. The highest BCUT2D eigenvalue weighted by molar-refractivity contribution is 5.74. The van der Waals surface area contributed by atoms with Crippen molar-refractivity contribution in [2.24, 2.45) is 11.8 Å². The summed E-state index contributed by atoms with van der Waals surface area (Å²) in [7, 11) is 0. The van der Waals surface area contributed by atoms with Crippen LogP contribution in [-0.2, 0) is 17.8 Å². The smallest absolute Gasteiger partial charge is 0.219 e. The van der Waals surface area contributed by atoms with Crippen molar-refractivity contribution in [1.29, 1.82) is 0 Å². The second-order valence-corrected chi connectivity index (χ2v) is 8.18. The van der Waals surface area contributed by atoms with Gasteiger partial charge in [-0.05, 0) is 49.7 Å². The molecule has 0 radical (unpaired) electrons. The van der Waals surface area contributed by atoms with Gasteiger partial charge in [0.1, 0.15) is 5.82 Å². The standard InChI is InChI=1S/C21H25N5O/c1-13(27)26-8-6-17-19(12-26)24-20(16-3-2-7-22-11-16)25-21(17)23-18-10-14-4-5-15(18)9-14/h2-3,7,11,14-15,18H,4-6,8-10,12H2,1H3,(H,23,24,25)/t14-,15+,18+/m0/s1. The molecule has 27 heavy (non-hydrogen) atoms. The first-order valence-corrected chi connectivity index (χ1v) is 9.99. The van der Waals surface area contributed by atoms with Crippen molar-refractivity contribution in [3.05, 3.63) is 35.8 Å². The van der Waals surface area contributed by atoms with Gasteiger partial charge in [0.15, 0.2) is 5.82 Å². The first-order valence-electron chi connectivity index (χ1n) is 9.99. The van der Waals surface area contributed by atoms with Crippen molar-refractivity contribution in [3.63, 3.8) is 0 Å². The molecule has 1 N–H and O–H groups in total. The Balaban J connectivity index is 1.52. The zero-order valence-corrected chi connectivity index (χ0v) is 15.7. The van der Waals surface area contributed by atoms with E-state index in [2.05, 4.69) is 10.3 Å². The summed E-state index contributed by atoms with van der Waals surface area (Å²) in [6.45, 7) is 2.93. The lowest BCUT2D eigenvalue weighted by molar-refractivity contribution is -0.129. The predicted octanol–water partition coefficient (Wildman–Crippen LogP) is 3.04. The zero-order valence-electron chi connectivity index (χ0n) is 15.7. The Labute approximate surface area is 159 Å². The van der Waals surface area contributed by atoms with Crippen LogP contribution in [0, 0.1) is 11.8 Å². The number of rotatable bonds is 3. The number of amides is 1. The number of nitrogens with one attached hydrogen (secondary N) is 1. The minimum Gasteiger partial charge on any atom is -0.367 e. The Morgan fingerprint density at radius 2 is 2.19 bits per heavy atom. The summed E-state index contributed by atoms with van der Waals surface area (Å²) in [6, 6.07) is 4.42. The lowest BCUT2D eigenvalue weighted by atomic mass is 9.95. The molecule has 2 bridgehead atoms. The van der Waals surface area contributed by atoms with Crippen molar-refractivity contribution in [1.82, 2.24) is 19.9 Å². The average Bonchev–Trinajstić information content (AvgIpc) is 3.31. The number of pyridine rings is 1. The number of anilines is 1. The van der Waals surface area contributed by atoms with Crippen LogP contribution in [0.5, 0.6) is 0 Å². The summed E-state index contributed by atoms with van der Waals surface area (Å²) in [5.41, 5.74) is 3.06. The maximum absolute atomic E-state index is 11.9. The van der Waals surface area contributed by atoms with Crippen molar-refractivity contribution in [2.45, 2.75) is 51.6 Å². The van der Waals surface area contributed by atoms with Crippen molar-refractivity contribution < 1.29 is 4.79 Å². The first kappa shape index (κ1) is 16.7. The van der Waals surface area contributed by atoms with Gasteiger partial charge in [-0.15, -0.1) is 0 Å². The minimum atomic E-state index is 0.102. The molecule has 2 saturated carbocycles. The van der Waals surface area contributed by atoms with Crippen LogP contribution in [0.4, 0.5) is 5.82 Å². The highest BCUT2D eigenvalue weighted by atomic mass is 16.2. The molecule has 0 saturated heterocycles. The van der Waals surface area contributed by atoms with Crippen molar-refractivity contribution in [3.8, 4) is 11.4 Å². The van der Waals surface area contributed by atoms with Gasteiger partial charge < -0.3 is 10.2 Å². The molecule has 5 rings (SSSR count). The fourth-order valence-electron chi connectivity index (χ4n) is 5.04. The number of aromatic nitrogens is 3. The van der Waals surface area contributed by atoms with Gasteiger partial charge in [-0.1, -0.05) is 6.42 Å². The second kappa shape index (κ2) is 6.59. The number of carbonyl (C=O) groups excluding carboxylic acids is 1. The Bertz CT molecular complexity index is 868. The van der Waals surface area contributed by atoms with E-state index >= 15 is 0 Å². The lowest BCUT2D eigenvalue weighted by Gasteiger charge is -2.30. The molecule has 3 atom stereocenters. The highest BCUT2D eigenvalue weighted by Gasteiger charge is 2.40. The molecular weight excluding hydrogens is 338 g/mol. The van der Waals surface area contributed by atoms with Crippen LogP contribution in [0.2, 0.25) is 0 Å². The molecule has 2 aromatic heterocycles. The molecule has 3 heterocycles. The molecular formula is C21H25N5O. The van der Waals surface area contributed by atoms with Crippen LogP contribution >= 0.6 is 0 Å². The predicted molar refractivity (Wildman–Crippen MR) is 103 cm³/mol. The normalized spacial score (nSPS) is 26.1. The molecule has 3 aliphatic rings. The largest absolute Gasteiger partial charge is 0.367 e. The number of carbonyl (C=O) groups is 1. The van der Waals surface area contributed by atoms with E-state index in [0.717, 1.165) is 41.9 Å². The van der Waals surface area contributed by atoms with Gasteiger partial charge in [-0.2, -0.15) is 0 Å². The van der Waals surface area contributed by atoms with Gasteiger partial charge in [0, 0.05) is 43.0 Å². The molecule has 0 spiro atoms. The molecule has 2 aliphatic carbocycles. The lowest BCUT2D eigenvalue weighted by Crippen LogP contribution is -2.36. The van der Waals surface area contributed by atoms with Gasteiger partial charge >= 0.3 is 0 Å². The van der Waals surface area contributed by atoms with E-state index in [4.69, 9.17) is 9.97 Å². The van der Waals surface area contributed by atoms with E-state index in [0.29, 0.717) is 18.4 Å². The summed E-state index contributed by atoms with van der Waals surface area (Å²) in [6.07, 6.45) is 9.71. The molecule has 2 fully saturated rings. The van der Waals surface area contributed by atoms with Crippen molar-refractivity contribution >= 4 is 11.7 Å². The van der Waals surface area contributed by atoms with Gasteiger partial charge in [0.05, 0.1) is 12.2 Å². The zero-order chi connectivity index (χ0) is 18.4. The summed E-state index contributed by atoms with van der Waals surface area (Å²) in [4.78, 5) is 27.7. The Hall–Kier alpha value is -2.50. The molecule has 1 aliphatic heterocycles. The third kappa shape index (κ3) is 3.07. The number of hydrogen-bond acceptors (Lipinski definition) is 5. The number of fused-ring (bicyclic) bond motifs is 3. The van der Waals surface area contributed by atoms with Crippen LogP contribution in [0.25, 0.3) is 11.4 Å². The molecule has 6 heteroatoms. The van der Waals surface area contributed by atoms with Gasteiger partial charge in [0.25, 0.3) is 0 Å². The van der Waals surface area contributed by atoms with Crippen LogP contribution < -0.4 is 5.32 Å². The Kier molecular flexibility index (Phi) is 4.06. The maximum Gasteiger partial charge on any atom is 0.219 e. The molecule has 1 amide bonds.